The Balaban J connectivity index is 3.80. The van der Waals surface area contributed by atoms with Crippen molar-refractivity contribution >= 4 is 7.92 Å². The Bertz CT molecular complexity index is 234. The quantitative estimate of drug-likeness (QED) is 0.122. The molecule has 0 radical (unpaired) electrons. The van der Waals surface area contributed by atoms with Crippen molar-refractivity contribution in [1.29, 1.82) is 0 Å². The highest BCUT2D eigenvalue weighted by molar-refractivity contribution is 7.57. The normalized spacial score (nSPS) is 11.6. The fourth-order valence-corrected chi connectivity index (χ4v) is 6.36. The van der Waals surface area contributed by atoms with Crippen LogP contribution >= 0.6 is 7.92 Å². The molecule has 170 valence electrons. The van der Waals surface area contributed by atoms with Crippen LogP contribution in [-0.4, -0.2) is 59.6 Å². The maximum atomic E-state index is 5.15. The Kier molecular flexibility index (Phi) is 25.6. The first-order chi connectivity index (χ1) is 13.8. The topological polar surface area (TPSA) is 27.7 Å². The van der Waals surface area contributed by atoms with Gasteiger partial charge < -0.3 is 14.2 Å². The number of hydrogen-bond donors (Lipinski definition) is 0. The summed E-state index contributed by atoms with van der Waals surface area (Å²) in [5, 5.41) is 0. The van der Waals surface area contributed by atoms with Crippen LogP contribution in [0.2, 0.25) is 0 Å². The average molecular weight is 419 g/mol. The maximum Gasteiger partial charge on any atom is 0.0462 e. The lowest BCUT2D eigenvalue weighted by molar-refractivity contribution is 0.192. The molecule has 0 amide bonds. The van der Waals surface area contributed by atoms with E-state index in [0.29, 0.717) is 0 Å². The van der Waals surface area contributed by atoms with Crippen LogP contribution in [-0.2, 0) is 14.2 Å². The largest absolute Gasteiger partial charge is 0.385 e. The van der Waals surface area contributed by atoms with Gasteiger partial charge in [0.15, 0.2) is 0 Å². The van der Waals surface area contributed by atoms with Crippen molar-refractivity contribution in [2.75, 3.05) is 59.6 Å². The molecule has 0 heterocycles. The van der Waals surface area contributed by atoms with E-state index in [1.807, 2.05) is 21.3 Å². The zero-order valence-electron chi connectivity index (χ0n) is 19.5. The van der Waals surface area contributed by atoms with Crippen LogP contribution in [0.25, 0.3) is 0 Å². The summed E-state index contributed by atoms with van der Waals surface area (Å²) in [4.78, 5) is 0. The van der Waals surface area contributed by atoms with Gasteiger partial charge in [0, 0.05) is 41.2 Å². The third-order valence-corrected chi connectivity index (χ3v) is 8.31. The number of unbranched alkanes of at least 4 members (excludes halogenated alkanes) is 12. The molecule has 0 bridgehead atoms. The van der Waals surface area contributed by atoms with Gasteiger partial charge in [-0.15, -0.1) is 7.92 Å². The van der Waals surface area contributed by atoms with Crippen molar-refractivity contribution in [3.8, 4) is 0 Å². The van der Waals surface area contributed by atoms with E-state index < -0.39 is 0 Å². The molecule has 0 atom stereocenters. The molecule has 0 aromatic carbocycles. The average Bonchev–Trinajstić information content (AvgIpc) is 2.71. The lowest BCUT2D eigenvalue weighted by Gasteiger charge is -2.18. The van der Waals surface area contributed by atoms with E-state index in [4.69, 9.17) is 14.2 Å². The van der Waals surface area contributed by atoms with E-state index >= 15 is 0 Å². The summed E-state index contributed by atoms with van der Waals surface area (Å²) in [6, 6.07) is 0. The molecule has 0 aromatic rings. The van der Waals surface area contributed by atoms with Crippen molar-refractivity contribution in [2.24, 2.45) is 0 Å². The van der Waals surface area contributed by atoms with E-state index in [-0.39, 0.29) is 7.92 Å². The summed E-state index contributed by atoms with van der Waals surface area (Å²) in [7, 11) is 5.71. The standard InChI is InChI=1S/C24H51O3P/c1-25-19-13-7-4-10-16-22-28(23-17-11-5-8-14-20-26-2)24-18-12-6-9-15-21-27-3/h4-24H2,1-3H3. The van der Waals surface area contributed by atoms with Gasteiger partial charge in [-0.2, -0.15) is 0 Å². The van der Waals surface area contributed by atoms with Crippen molar-refractivity contribution in [3.63, 3.8) is 0 Å². The van der Waals surface area contributed by atoms with Crippen LogP contribution in [0.5, 0.6) is 0 Å². The summed E-state index contributed by atoms with van der Waals surface area (Å²) >= 11 is 0. The molecule has 0 fully saturated rings. The molecule has 0 aromatic heterocycles. The van der Waals surface area contributed by atoms with Gasteiger partial charge in [0.05, 0.1) is 0 Å². The van der Waals surface area contributed by atoms with Gasteiger partial charge in [0.2, 0.25) is 0 Å². The fraction of sp³-hybridized carbons (Fsp3) is 1.00. The highest BCUT2D eigenvalue weighted by atomic mass is 31.1. The third-order valence-electron chi connectivity index (χ3n) is 5.47. The molecule has 0 aliphatic heterocycles. The van der Waals surface area contributed by atoms with Crippen LogP contribution in [0.4, 0.5) is 0 Å². The first kappa shape index (κ1) is 28.3. The molecule has 0 aliphatic carbocycles. The second kappa shape index (κ2) is 25.3. The second-order valence-corrected chi connectivity index (χ2v) is 10.8. The third kappa shape index (κ3) is 22.6. The Labute approximate surface area is 178 Å². The van der Waals surface area contributed by atoms with E-state index in [1.165, 1.54) is 115 Å². The minimum Gasteiger partial charge on any atom is -0.385 e. The predicted molar refractivity (Wildman–Crippen MR) is 126 cm³/mol. The zero-order valence-corrected chi connectivity index (χ0v) is 20.4. The first-order valence-corrected chi connectivity index (χ1v) is 13.9. The number of ether oxygens (including phenoxy) is 3. The number of methoxy groups -OCH3 is 3. The zero-order chi connectivity index (χ0) is 20.5. The smallest absolute Gasteiger partial charge is 0.0462 e. The SMILES string of the molecule is COCCCCCCCP(CCCCCCCOC)CCCCCCCOC. The Hall–Kier alpha value is 0.310. The molecule has 0 rings (SSSR count). The Morgan fingerprint density at radius 2 is 0.607 bits per heavy atom. The molecule has 4 heteroatoms. The minimum atomic E-state index is 0.283. The monoisotopic (exact) mass is 418 g/mol. The van der Waals surface area contributed by atoms with Gasteiger partial charge in [-0.25, -0.2) is 0 Å². The summed E-state index contributed by atoms with van der Waals surface area (Å²) in [5.41, 5.74) is 0. The van der Waals surface area contributed by atoms with Crippen molar-refractivity contribution in [2.45, 2.75) is 96.3 Å². The Morgan fingerprint density at radius 1 is 0.357 bits per heavy atom. The first-order valence-electron chi connectivity index (χ1n) is 12.0. The van der Waals surface area contributed by atoms with E-state index in [9.17, 15) is 0 Å². The molecule has 0 aliphatic rings. The lowest BCUT2D eigenvalue weighted by Crippen LogP contribution is -1.98. The summed E-state index contributed by atoms with van der Waals surface area (Å²) in [6.45, 7) is 2.80. The van der Waals surface area contributed by atoms with Gasteiger partial charge in [0.1, 0.15) is 0 Å². The van der Waals surface area contributed by atoms with E-state index in [2.05, 4.69) is 0 Å². The molecular formula is C24H51O3P. The molecule has 3 nitrogen and oxygen atoms in total. The minimum absolute atomic E-state index is 0.283. The summed E-state index contributed by atoms with van der Waals surface area (Å²) < 4.78 is 15.4. The number of hydrogen-bond acceptors (Lipinski definition) is 3. The van der Waals surface area contributed by atoms with Crippen molar-refractivity contribution in [3.05, 3.63) is 0 Å². The van der Waals surface area contributed by atoms with Gasteiger partial charge in [-0.05, 0) is 57.0 Å². The Morgan fingerprint density at radius 3 is 0.893 bits per heavy atom. The summed E-state index contributed by atoms with van der Waals surface area (Å²) in [6.07, 6.45) is 25.1. The molecule has 0 spiro atoms. The maximum absolute atomic E-state index is 5.15. The second-order valence-electron chi connectivity index (χ2n) is 8.12. The van der Waals surface area contributed by atoms with E-state index in [1.54, 1.807) is 0 Å². The molecule has 0 N–H and O–H groups in total. The van der Waals surface area contributed by atoms with Crippen LogP contribution < -0.4 is 0 Å². The van der Waals surface area contributed by atoms with Crippen molar-refractivity contribution in [1.82, 2.24) is 0 Å². The lowest BCUT2D eigenvalue weighted by atomic mass is 10.2. The molecule has 28 heavy (non-hydrogen) atoms. The van der Waals surface area contributed by atoms with Crippen LogP contribution in [0.15, 0.2) is 0 Å². The molecule has 0 saturated carbocycles. The van der Waals surface area contributed by atoms with Gasteiger partial charge >= 0.3 is 0 Å². The van der Waals surface area contributed by atoms with Gasteiger partial charge in [0.25, 0.3) is 0 Å². The van der Waals surface area contributed by atoms with E-state index in [0.717, 1.165) is 19.8 Å². The van der Waals surface area contributed by atoms with Gasteiger partial charge in [-0.1, -0.05) is 57.8 Å². The molecule has 0 unspecified atom stereocenters. The van der Waals surface area contributed by atoms with Crippen LogP contribution in [0.3, 0.4) is 0 Å². The molecule has 0 saturated heterocycles. The van der Waals surface area contributed by atoms with Gasteiger partial charge in [-0.3, -0.25) is 0 Å². The fourth-order valence-electron chi connectivity index (χ4n) is 3.67. The van der Waals surface area contributed by atoms with Crippen LogP contribution in [0, 0.1) is 0 Å². The van der Waals surface area contributed by atoms with Crippen molar-refractivity contribution < 1.29 is 14.2 Å². The highest BCUT2D eigenvalue weighted by Crippen LogP contribution is 2.39. The predicted octanol–water partition coefficient (Wildman–Crippen LogP) is 7.26. The van der Waals surface area contributed by atoms with Crippen LogP contribution in [0.1, 0.15) is 96.3 Å². The highest BCUT2D eigenvalue weighted by Gasteiger charge is 2.08. The molecular weight excluding hydrogens is 367 g/mol. The summed E-state index contributed by atoms with van der Waals surface area (Å²) in [5.74, 6) is 0. The number of rotatable bonds is 24.